The van der Waals surface area contributed by atoms with Gasteiger partial charge in [-0.25, -0.2) is 4.79 Å². The van der Waals surface area contributed by atoms with Gasteiger partial charge in [-0.15, -0.1) is 0 Å². The number of carbonyl (C=O) groups excluding carboxylic acids is 1. The highest BCUT2D eigenvalue weighted by Gasteiger charge is 2.70. The van der Waals surface area contributed by atoms with E-state index in [1.165, 1.54) is 0 Å². The van der Waals surface area contributed by atoms with Crippen LogP contribution in [0.25, 0.3) is 0 Å². The number of aliphatic hydroxyl groups is 3. The second kappa shape index (κ2) is 5.83. The molecule has 156 valence electrons. The van der Waals surface area contributed by atoms with Gasteiger partial charge in [0.15, 0.2) is 0 Å². The first kappa shape index (κ1) is 19.1. The van der Waals surface area contributed by atoms with E-state index < -0.39 is 17.3 Å². The Kier molecular flexibility index (Phi) is 3.97. The second-order valence-electron chi connectivity index (χ2n) is 10.9. The zero-order valence-corrected chi connectivity index (χ0v) is 17.1. The average molecular weight is 391 g/mol. The molecule has 0 aromatic rings. The first-order chi connectivity index (χ1) is 13.1. The Balaban J connectivity index is 1.49. The monoisotopic (exact) mass is 390 g/mol. The smallest absolute Gasteiger partial charge is 0.331 e. The number of esters is 1. The van der Waals surface area contributed by atoms with Crippen LogP contribution in [-0.4, -0.2) is 45.2 Å². The maximum Gasteiger partial charge on any atom is 0.331 e. The fourth-order valence-corrected chi connectivity index (χ4v) is 8.38. The Morgan fingerprint density at radius 2 is 1.68 bits per heavy atom. The molecule has 4 fully saturated rings. The molecule has 5 heteroatoms. The van der Waals surface area contributed by atoms with Crippen molar-refractivity contribution in [3.05, 3.63) is 11.6 Å². The van der Waals surface area contributed by atoms with Gasteiger partial charge in [0.2, 0.25) is 0 Å². The molecule has 0 aromatic heterocycles. The quantitative estimate of drug-likeness (QED) is 0.599. The Morgan fingerprint density at radius 1 is 0.964 bits per heavy atom. The molecule has 0 bridgehead atoms. The Labute approximate surface area is 167 Å². The van der Waals surface area contributed by atoms with E-state index in [4.69, 9.17) is 4.74 Å². The maximum atomic E-state index is 12.1. The summed E-state index contributed by atoms with van der Waals surface area (Å²) >= 11 is 0. The third-order valence-corrected chi connectivity index (χ3v) is 10.1. The number of ether oxygens (including phenoxy) is 1. The van der Waals surface area contributed by atoms with Gasteiger partial charge in [0.25, 0.3) is 0 Å². The third-order valence-electron chi connectivity index (χ3n) is 10.1. The van der Waals surface area contributed by atoms with Crippen LogP contribution in [0.1, 0.15) is 71.6 Å². The number of carbonyl (C=O) groups is 1. The molecule has 0 radical (unpaired) electrons. The van der Waals surface area contributed by atoms with Gasteiger partial charge < -0.3 is 20.1 Å². The predicted octanol–water partition coefficient (Wildman–Crippen LogP) is 2.72. The van der Waals surface area contributed by atoms with Crippen LogP contribution in [-0.2, 0) is 9.53 Å². The molecule has 0 saturated heterocycles. The van der Waals surface area contributed by atoms with Crippen molar-refractivity contribution in [2.75, 3.05) is 6.61 Å². The summed E-state index contributed by atoms with van der Waals surface area (Å²) in [5.41, 5.74) is -0.999. The number of fused-ring (bicyclic) bond motifs is 5. The van der Waals surface area contributed by atoms with E-state index in [2.05, 4.69) is 13.8 Å². The van der Waals surface area contributed by atoms with Gasteiger partial charge in [0, 0.05) is 17.9 Å². The standard InChI is InChI=1S/C23H34O5/c1-20-7-3-15(24)12-22(20,26)9-5-18-17(20)4-8-21(2)16(6-10-23(18,21)27)14-11-19(25)28-13-14/h11,15-18,24,26-27H,3-10,12-13H2,1-2H3/t15?,16?,17-,18+,20?,21?,22?,23?/m0/s1. The van der Waals surface area contributed by atoms with Crippen molar-refractivity contribution in [1.29, 1.82) is 0 Å². The zero-order chi connectivity index (χ0) is 19.9. The Morgan fingerprint density at radius 3 is 2.39 bits per heavy atom. The van der Waals surface area contributed by atoms with Gasteiger partial charge >= 0.3 is 5.97 Å². The number of aliphatic hydroxyl groups excluding tert-OH is 1. The minimum absolute atomic E-state index is 0.176. The lowest BCUT2D eigenvalue weighted by Gasteiger charge is -2.66. The summed E-state index contributed by atoms with van der Waals surface area (Å²) in [6, 6.07) is 0. The van der Waals surface area contributed by atoms with Crippen LogP contribution >= 0.6 is 0 Å². The topological polar surface area (TPSA) is 87.0 Å². The molecule has 1 aliphatic heterocycles. The Hall–Kier alpha value is -0.910. The number of hydrogen-bond donors (Lipinski definition) is 3. The maximum absolute atomic E-state index is 12.1. The van der Waals surface area contributed by atoms with Gasteiger partial charge in [0.05, 0.1) is 17.3 Å². The molecule has 8 atom stereocenters. The molecule has 3 N–H and O–H groups in total. The molecule has 5 nitrogen and oxygen atoms in total. The van der Waals surface area contributed by atoms with Crippen molar-refractivity contribution >= 4 is 5.97 Å². The van der Waals surface area contributed by atoms with Crippen molar-refractivity contribution < 1.29 is 24.9 Å². The Bertz CT molecular complexity index is 733. The van der Waals surface area contributed by atoms with Crippen molar-refractivity contribution in [3.63, 3.8) is 0 Å². The van der Waals surface area contributed by atoms with Crippen molar-refractivity contribution in [2.24, 2.45) is 28.6 Å². The normalized spacial score (nSPS) is 55.8. The highest BCUT2D eigenvalue weighted by atomic mass is 16.5. The highest BCUT2D eigenvalue weighted by Crippen LogP contribution is 2.70. The van der Waals surface area contributed by atoms with E-state index in [1.807, 2.05) is 0 Å². The van der Waals surface area contributed by atoms with Crippen molar-refractivity contribution in [1.82, 2.24) is 0 Å². The first-order valence-corrected chi connectivity index (χ1v) is 11.1. The summed E-state index contributed by atoms with van der Waals surface area (Å²) in [6.45, 7) is 4.80. The largest absolute Gasteiger partial charge is 0.458 e. The first-order valence-electron chi connectivity index (χ1n) is 11.1. The molecular formula is C23H34O5. The van der Waals surface area contributed by atoms with Crippen LogP contribution in [0, 0.1) is 28.6 Å². The molecule has 0 aromatic carbocycles. The van der Waals surface area contributed by atoms with Gasteiger partial charge in [-0.1, -0.05) is 13.8 Å². The van der Waals surface area contributed by atoms with E-state index in [-0.39, 0.29) is 34.6 Å². The molecule has 5 rings (SSSR count). The lowest BCUT2D eigenvalue weighted by Crippen LogP contribution is -2.67. The molecule has 4 saturated carbocycles. The van der Waals surface area contributed by atoms with E-state index in [9.17, 15) is 20.1 Å². The number of rotatable bonds is 1. The minimum Gasteiger partial charge on any atom is -0.458 e. The van der Waals surface area contributed by atoms with Crippen LogP contribution in [0.4, 0.5) is 0 Å². The van der Waals surface area contributed by atoms with Gasteiger partial charge in [-0.3, -0.25) is 0 Å². The van der Waals surface area contributed by atoms with Crippen LogP contribution in [0.3, 0.4) is 0 Å². The van der Waals surface area contributed by atoms with E-state index >= 15 is 0 Å². The van der Waals surface area contributed by atoms with E-state index in [0.29, 0.717) is 19.4 Å². The van der Waals surface area contributed by atoms with Crippen molar-refractivity contribution in [2.45, 2.75) is 88.9 Å². The summed E-state index contributed by atoms with van der Waals surface area (Å²) < 4.78 is 5.18. The van der Waals surface area contributed by atoms with E-state index in [1.54, 1.807) is 6.08 Å². The molecule has 5 aliphatic rings. The summed E-state index contributed by atoms with van der Waals surface area (Å²) in [4.78, 5) is 11.6. The van der Waals surface area contributed by atoms with Crippen LogP contribution in [0.15, 0.2) is 11.6 Å². The minimum atomic E-state index is -0.817. The zero-order valence-electron chi connectivity index (χ0n) is 17.1. The molecule has 0 spiro atoms. The predicted molar refractivity (Wildman–Crippen MR) is 103 cm³/mol. The van der Waals surface area contributed by atoms with Gasteiger partial charge in [-0.05, 0) is 80.1 Å². The highest BCUT2D eigenvalue weighted by molar-refractivity contribution is 5.85. The summed E-state index contributed by atoms with van der Waals surface area (Å²) in [7, 11) is 0. The van der Waals surface area contributed by atoms with Crippen LogP contribution in [0.5, 0.6) is 0 Å². The van der Waals surface area contributed by atoms with Crippen molar-refractivity contribution in [3.8, 4) is 0 Å². The second-order valence-corrected chi connectivity index (χ2v) is 10.9. The molecule has 1 heterocycles. The molecule has 6 unspecified atom stereocenters. The average Bonchev–Trinajstić information content (AvgIpc) is 3.17. The molecule has 4 aliphatic carbocycles. The summed E-state index contributed by atoms with van der Waals surface area (Å²) in [5.74, 6) is 0.409. The lowest BCUT2D eigenvalue weighted by atomic mass is 9.42. The summed E-state index contributed by atoms with van der Waals surface area (Å²) in [6.07, 6.45) is 8.33. The molecule has 28 heavy (non-hydrogen) atoms. The molecular weight excluding hydrogens is 356 g/mol. The fraction of sp³-hybridized carbons (Fsp3) is 0.870. The fourth-order valence-electron chi connectivity index (χ4n) is 8.38. The van der Waals surface area contributed by atoms with Crippen LogP contribution in [0.2, 0.25) is 0 Å². The summed E-state index contributed by atoms with van der Waals surface area (Å²) in [5, 5.41) is 33.8. The number of cyclic esters (lactones) is 1. The van der Waals surface area contributed by atoms with Crippen LogP contribution < -0.4 is 0 Å². The molecule has 0 amide bonds. The van der Waals surface area contributed by atoms with E-state index in [0.717, 1.165) is 50.5 Å². The number of hydrogen-bond acceptors (Lipinski definition) is 5. The van der Waals surface area contributed by atoms with Gasteiger partial charge in [-0.2, -0.15) is 0 Å². The third kappa shape index (κ3) is 2.21. The van der Waals surface area contributed by atoms with Gasteiger partial charge in [0.1, 0.15) is 6.61 Å². The lowest BCUT2D eigenvalue weighted by molar-refractivity contribution is -0.254. The SMILES string of the molecule is CC12CC[C@H]3[C@@H](CCC4(O)CC(O)CCC34C)C1(O)CCC2C1=CC(=O)OC1.